The number of hydrogen-bond donors (Lipinski definition) is 2. The summed E-state index contributed by atoms with van der Waals surface area (Å²) in [7, 11) is 0. The van der Waals surface area contributed by atoms with E-state index in [0.717, 1.165) is 22.3 Å². The molecule has 0 amide bonds. The maximum absolute atomic E-state index is 12.0. The Morgan fingerprint density at radius 1 is 0.629 bits per heavy atom. The Balaban J connectivity index is 1.68. The van der Waals surface area contributed by atoms with Crippen LogP contribution in [0.25, 0.3) is 0 Å². The van der Waals surface area contributed by atoms with Crippen molar-refractivity contribution in [2.75, 3.05) is 0 Å². The topological polar surface area (TPSA) is 57.5 Å². The van der Waals surface area contributed by atoms with Gasteiger partial charge in [-0.1, -0.05) is 111 Å². The fourth-order valence-corrected chi connectivity index (χ4v) is 4.66. The molecule has 0 bridgehead atoms. The first kappa shape index (κ1) is 24.3. The Hall–Kier alpha value is -3.85. The van der Waals surface area contributed by atoms with Crippen LogP contribution in [0.3, 0.4) is 0 Å². The summed E-state index contributed by atoms with van der Waals surface area (Å²) in [6.07, 6.45) is 0. The number of benzene rings is 4. The summed E-state index contributed by atoms with van der Waals surface area (Å²) >= 11 is 0. The molecule has 4 aromatic carbocycles. The lowest BCUT2D eigenvalue weighted by Gasteiger charge is -2.21. The maximum Gasteiger partial charge on any atom is 0.339 e. The van der Waals surface area contributed by atoms with Gasteiger partial charge in [0, 0.05) is 23.3 Å². The lowest BCUT2D eigenvalue weighted by molar-refractivity contribution is 0.0693. The van der Waals surface area contributed by atoms with Gasteiger partial charge in [-0.25, -0.2) is 4.79 Å². The molecular formula is C32H32O3. The van der Waals surface area contributed by atoms with Crippen LogP contribution >= 0.6 is 0 Å². The summed E-state index contributed by atoms with van der Waals surface area (Å²) in [6.45, 7) is 8.31. The minimum absolute atomic E-state index is 0.0289. The standard InChI is InChI=1S/C32H32O3/c1-20-10-12-27(13-11-20)23(4)29-18-28(19-30(31(29)33)32(34)35)22(3)26-16-14-25(15-17-26)21(2)24-8-6-5-7-9-24/h5-19,21-23,33H,1-4H3,(H,34,35). The van der Waals surface area contributed by atoms with E-state index in [1.165, 1.54) is 11.1 Å². The average molecular weight is 465 g/mol. The highest BCUT2D eigenvalue weighted by molar-refractivity contribution is 5.91. The van der Waals surface area contributed by atoms with E-state index in [9.17, 15) is 15.0 Å². The number of aromatic hydroxyl groups is 1. The second-order valence-corrected chi connectivity index (χ2v) is 9.46. The van der Waals surface area contributed by atoms with Crippen LogP contribution in [-0.2, 0) is 0 Å². The van der Waals surface area contributed by atoms with Gasteiger partial charge in [0.2, 0.25) is 0 Å². The summed E-state index contributed by atoms with van der Waals surface area (Å²) in [4.78, 5) is 12.0. The van der Waals surface area contributed by atoms with E-state index < -0.39 is 5.97 Å². The molecule has 0 heterocycles. The molecule has 0 spiro atoms. The summed E-state index contributed by atoms with van der Waals surface area (Å²) in [6, 6.07) is 30.7. The van der Waals surface area contributed by atoms with E-state index in [1.54, 1.807) is 6.07 Å². The molecule has 0 saturated carbocycles. The highest BCUT2D eigenvalue weighted by Crippen LogP contribution is 2.38. The molecule has 0 aliphatic heterocycles. The predicted molar refractivity (Wildman–Crippen MR) is 142 cm³/mol. The maximum atomic E-state index is 12.0. The molecule has 4 rings (SSSR count). The number of aryl methyl sites for hydroxylation is 1. The fourth-order valence-electron chi connectivity index (χ4n) is 4.66. The van der Waals surface area contributed by atoms with E-state index in [0.29, 0.717) is 5.56 Å². The smallest absolute Gasteiger partial charge is 0.339 e. The van der Waals surface area contributed by atoms with Gasteiger partial charge in [0.25, 0.3) is 0 Å². The van der Waals surface area contributed by atoms with Gasteiger partial charge >= 0.3 is 5.97 Å². The second-order valence-electron chi connectivity index (χ2n) is 9.46. The van der Waals surface area contributed by atoms with Gasteiger partial charge in [-0.05, 0) is 40.8 Å². The Bertz CT molecular complexity index is 1310. The van der Waals surface area contributed by atoms with Gasteiger partial charge in [-0.3, -0.25) is 0 Å². The molecule has 0 aromatic heterocycles. The highest BCUT2D eigenvalue weighted by Gasteiger charge is 2.23. The predicted octanol–water partition coefficient (Wildman–Crippen LogP) is 7.85. The Kier molecular flexibility index (Phi) is 7.07. The molecule has 35 heavy (non-hydrogen) atoms. The van der Waals surface area contributed by atoms with Crippen LogP contribution in [0.5, 0.6) is 5.75 Å². The number of rotatable bonds is 7. The summed E-state index contributed by atoms with van der Waals surface area (Å²) in [5.74, 6) is -1.17. The first-order valence-corrected chi connectivity index (χ1v) is 12.1. The number of carboxylic acid groups (broad SMARTS) is 1. The molecule has 3 atom stereocenters. The molecule has 4 aromatic rings. The molecule has 0 fully saturated rings. The Labute approximate surface area is 207 Å². The first-order valence-electron chi connectivity index (χ1n) is 12.1. The second kappa shape index (κ2) is 10.2. The van der Waals surface area contributed by atoms with Gasteiger partial charge in [-0.2, -0.15) is 0 Å². The molecule has 178 valence electrons. The third-order valence-electron chi connectivity index (χ3n) is 7.17. The van der Waals surface area contributed by atoms with Crippen LogP contribution < -0.4 is 0 Å². The highest BCUT2D eigenvalue weighted by atomic mass is 16.4. The minimum atomic E-state index is -1.12. The van der Waals surface area contributed by atoms with Crippen molar-refractivity contribution in [2.24, 2.45) is 0 Å². The van der Waals surface area contributed by atoms with Crippen LogP contribution in [0, 0.1) is 6.92 Å². The lowest BCUT2D eigenvalue weighted by atomic mass is 9.84. The van der Waals surface area contributed by atoms with Gasteiger partial charge in [0.15, 0.2) is 0 Å². The molecule has 3 unspecified atom stereocenters. The first-order chi connectivity index (χ1) is 16.8. The van der Waals surface area contributed by atoms with E-state index in [1.807, 2.05) is 50.2 Å². The van der Waals surface area contributed by atoms with Crippen molar-refractivity contribution in [1.82, 2.24) is 0 Å². The van der Waals surface area contributed by atoms with Crippen LogP contribution in [0.1, 0.15) is 87.8 Å². The number of aromatic carboxylic acids is 1. The van der Waals surface area contributed by atoms with E-state index in [4.69, 9.17) is 0 Å². The van der Waals surface area contributed by atoms with Gasteiger partial charge in [0.1, 0.15) is 11.3 Å². The van der Waals surface area contributed by atoms with Gasteiger partial charge in [-0.15, -0.1) is 0 Å². The van der Waals surface area contributed by atoms with Crippen LogP contribution in [0.2, 0.25) is 0 Å². The van der Waals surface area contributed by atoms with E-state index >= 15 is 0 Å². The monoisotopic (exact) mass is 464 g/mol. The number of hydrogen-bond acceptors (Lipinski definition) is 2. The number of carbonyl (C=O) groups is 1. The molecule has 0 aliphatic carbocycles. The molecule has 0 radical (unpaired) electrons. The zero-order valence-electron chi connectivity index (χ0n) is 20.7. The van der Waals surface area contributed by atoms with Crippen molar-refractivity contribution < 1.29 is 15.0 Å². The third-order valence-corrected chi connectivity index (χ3v) is 7.17. The number of phenols is 1. The van der Waals surface area contributed by atoms with Crippen molar-refractivity contribution in [2.45, 2.75) is 45.4 Å². The van der Waals surface area contributed by atoms with Crippen molar-refractivity contribution in [1.29, 1.82) is 0 Å². The van der Waals surface area contributed by atoms with Gasteiger partial charge < -0.3 is 10.2 Å². The summed E-state index contributed by atoms with van der Waals surface area (Å²) in [5.41, 5.74) is 7.24. The minimum Gasteiger partial charge on any atom is -0.507 e. The third kappa shape index (κ3) is 5.14. The SMILES string of the molecule is Cc1ccc(C(C)c2cc(C(C)c3ccc(C(C)c4ccccc4)cc3)cc(C(=O)O)c2O)cc1. The van der Waals surface area contributed by atoms with Crippen molar-refractivity contribution in [3.8, 4) is 5.75 Å². The normalized spacial score (nSPS) is 13.7. The van der Waals surface area contributed by atoms with E-state index in [-0.39, 0.29) is 29.1 Å². The molecule has 2 N–H and O–H groups in total. The van der Waals surface area contributed by atoms with Crippen molar-refractivity contribution in [3.63, 3.8) is 0 Å². The van der Waals surface area contributed by atoms with Crippen LogP contribution in [-0.4, -0.2) is 16.2 Å². The van der Waals surface area contributed by atoms with Crippen molar-refractivity contribution >= 4 is 5.97 Å². The fraction of sp³-hybridized carbons (Fsp3) is 0.219. The molecule has 0 aliphatic rings. The Morgan fingerprint density at radius 3 is 1.63 bits per heavy atom. The zero-order valence-corrected chi connectivity index (χ0v) is 20.7. The van der Waals surface area contributed by atoms with Crippen LogP contribution in [0.15, 0.2) is 91.0 Å². The Morgan fingerprint density at radius 2 is 1.09 bits per heavy atom. The number of carboxylic acids is 1. The molecule has 0 saturated heterocycles. The summed E-state index contributed by atoms with van der Waals surface area (Å²) < 4.78 is 0. The zero-order chi connectivity index (χ0) is 25.1. The lowest BCUT2D eigenvalue weighted by Crippen LogP contribution is -2.07. The average Bonchev–Trinajstić information content (AvgIpc) is 2.88. The van der Waals surface area contributed by atoms with Gasteiger partial charge in [0.05, 0.1) is 0 Å². The molecule has 3 heteroatoms. The van der Waals surface area contributed by atoms with E-state index in [2.05, 4.69) is 62.4 Å². The molecule has 3 nitrogen and oxygen atoms in total. The van der Waals surface area contributed by atoms with Crippen molar-refractivity contribution in [3.05, 3.63) is 136 Å². The quantitative estimate of drug-likeness (QED) is 0.293. The molecular weight excluding hydrogens is 432 g/mol. The van der Waals surface area contributed by atoms with Crippen LogP contribution in [0.4, 0.5) is 0 Å². The summed E-state index contributed by atoms with van der Waals surface area (Å²) in [5, 5.41) is 20.6. The largest absolute Gasteiger partial charge is 0.507 e.